The molecule has 2 aliphatic heterocycles. The van der Waals surface area contributed by atoms with E-state index in [-0.39, 0.29) is 5.91 Å². The van der Waals surface area contributed by atoms with E-state index in [1.807, 2.05) is 30.3 Å². The fraction of sp³-hybridized carbons (Fsp3) is 0. The second-order valence-electron chi connectivity index (χ2n) is 5.85. The van der Waals surface area contributed by atoms with E-state index in [1.54, 1.807) is 4.90 Å². The van der Waals surface area contributed by atoms with Crippen LogP contribution in [0.5, 0.6) is 0 Å². The third kappa shape index (κ3) is 2.13. The SMILES string of the molecule is O=C1c2c(Br)c(Br)c(Br)c(Br)c2C2=Nc3cccc4c(Br)ccc(c34)N12. The zero-order chi connectivity index (χ0) is 18.3. The Morgan fingerprint density at radius 3 is 2.23 bits per heavy atom. The van der Waals surface area contributed by atoms with E-state index in [9.17, 15) is 4.79 Å². The van der Waals surface area contributed by atoms with Crippen LogP contribution < -0.4 is 4.90 Å². The topological polar surface area (TPSA) is 32.7 Å². The molecule has 0 spiro atoms. The molecule has 2 heterocycles. The third-order valence-corrected chi connectivity index (χ3v) is 9.99. The van der Waals surface area contributed by atoms with Crippen molar-refractivity contribution in [2.75, 3.05) is 4.90 Å². The minimum atomic E-state index is -0.0994. The van der Waals surface area contributed by atoms with E-state index < -0.39 is 0 Å². The van der Waals surface area contributed by atoms with Gasteiger partial charge in [0.05, 0.1) is 16.9 Å². The number of amides is 1. The maximum Gasteiger partial charge on any atom is 0.266 e. The van der Waals surface area contributed by atoms with E-state index in [2.05, 4.69) is 79.6 Å². The van der Waals surface area contributed by atoms with Crippen LogP contribution in [0.25, 0.3) is 10.8 Å². The highest BCUT2D eigenvalue weighted by Crippen LogP contribution is 2.50. The Kier molecular flexibility index (Phi) is 4.03. The van der Waals surface area contributed by atoms with Gasteiger partial charge in [0, 0.05) is 38.7 Å². The normalized spacial score (nSPS) is 14.6. The number of rotatable bonds is 0. The molecule has 0 fully saturated rings. The Bertz CT molecular complexity index is 1220. The lowest BCUT2D eigenvalue weighted by molar-refractivity contribution is 0.101. The molecule has 0 unspecified atom stereocenters. The summed E-state index contributed by atoms with van der Waals surface area (Å²) < 4.78 is 4.11. The fourth-order valence-electron chi connectivity index (χ4n) is 3.42. The summed E-state index contributed by atoms with van der Waals surface area (Å²) >= 11 is 17.9. The summed E-state index contributed by atoms with van der Waals surface area (Å²) in [5.74, 6) is 0.533. The standard InChI is InChI=1S/C18H5Br5N2O/c19-7-4-5-9-10-6(7)2-1-3-8(10)24-17-11-12(18(26)25(9)17)14(21)16(23)15(22)13(11)20/h1-5H. The summed E-state index contributed by atoms with van der Waals surface area (Å²) in [6.07, 6.45) is 0. The predicted molar refractivity (Wildman–Crippen MR) is 122 cm³/mol. The van der Waals surface area contributed by atoms with Gasteiger partial charge >= 0.3 is 0 Å². The van der Waals surface area contributed by atoms with Crippen molar-refractivity contribution in [2.24, 2.45) is 4.99 Å². The van der Waals surface area contributed by atoms with Crippen LogP contribution in [-0.4, -0.2) is 11.7 Å². The van der Waals surface area contributed by atoms with E-state index in [0.717, 1.165) is 45.6 Å². The van der Waals surface area contributed by atoms with Crippen LogP contribution >= 0.6 is 79.6 Å². The number of nitrogens with zero attached hydrogens (tertiary/aromatic N) is 2. The number of anilines is 1. The molecule has 128 valence electrons. The molecule has 2 aliphatic rings. The van der Waals surface area contributed by atoms with Gasteiger partial charge in [-0.2, -0.15) is 0 Å². The number of carbonyl (C=O) groups excluding carboxylic acids is 1. The van der Waals surface area contributed by atoms with Gasteiger partial charge in [-0.05, 0) is 81.9 Å². The van der Waals surface area contributed by atoms with Gasteiger partial charge in [0.2, 0.25) is 0 Å². The number of benzene rings is 3. The maximum atomic E-state index is 13.3. The molecule has 0 saturated heterocycles. The van der Waals surface area contributed by atoms with Gasteiger partial charge in [-0.25, -0.2) is 4.99 Å². The summed E-state index contributed by atoms with van der Waals surface area (Å²) in [5.41, 5.74) is 3.07. The number of hydrogen-bond donors (Lipinski definition) is 0. The van der Waals surface area contributed by atoms with E-state index in [1.165, 1.54) is 0 Å². The average molecular weight is 665 g/mol. The Morgan fingerprint density at radius 2 is 1.50 bits per heavy atom. The molecular weight excluding hydrogens is 660 g/mol. The van der Waals surface area contributed by atoms with Gasteiger partial charge in [-0.1, -0.05) is 28.1 Å². The zero-order valence-corrected chi connectivity index (χ0v) is 20.5. The summed E-state index contributed by atoms with van der Waals surface area (Å²) in [5, 5.41) is 2.00. The highest BCUT2D eigenvalue weighted by Gasteiger charge is 2.42. The molecule has 3 aromatic rings. The number of amidine groups is 1. The summed E-state index contributed by atoms with van der Waals surface area (Å²) in [4.78, 5) is 19.9. The van der Waals surface area contributed by atoms with Crippen molar-refractivity contribution in [3.63, 3.8) is 0 Å². The van der Waals surface area contributed by atoms with Crippen molar-refractivity contribution >= 4 is 114 Å². The van der Waals surface area contributed by atoms with Crippen molar-refractivity contribution in [2.45, 2.75) is 0 Å². The quantitative estimate of drug-likeness (QED) is 0.179. The first-order valence-electron chi connectivity index (χ1n) is 7.42. The van der Waals surface area contributed by atoms with Crippen LogP contribution in [0.2, 0.25) is 0 Å². The smallest absolute Gasteiger partial charge is 0.266 e. The first-order chi connectivity index (χ1) is 12.4. The Balaban J connectivity index is 1.93. The molecule has 5 rings (SSSR count). The second kappa shape index (κ2) is 5.98. The summed E-state index contributed by atoms with van der Waals surface area (Å²) in [6.45, 7) is 0. The van der Waals surface area contributed by atoms with Crippen molar-refractivity contribution in [3.05, 3.63) is 63.8 Å². The van der Waals surface area contributed by atoms with Crippen LogP contribution in [-0.2, 0) is 0 Å². The number of carbonyl (C=O) groups is 1. The Hall–Kier alpha value is -0.540. The van der Waals surface area contributed by atoms with Crippen molar-refractivity contribution in [1.82, 2.24) is 0 Å². The minimum absolute atomic E-state index is 0.0994. The monoisotopic (exact) mass is 660 g/mol. The maximum absolute atomic E-state index is 13.3. The van der Waals surface area contributed by atoms with Crippen molar-refractivity contribution in [1.29, 1.82) is 0 Å². The van der Waals surface area contributed by atoms with Gasteiger partial charge in [0.1, 0.15) is 5.84 Å². The first kappa shape index (κ1) is 17.6. The Morgan fingerprint density at radius 1 is 0.808 bits per heavy atom. The molecule has 8 heteroatoms. The van der Waals surface area contributed by atoms with Crippen molar-refractivity contribution < 1.29 is 4.79 Å². The molecule has 26 heavy (non-hydrogen) atoms. The molecule has 0 N–H and O–H groups in total. The fourth-order valence-corrected chi connectivity index (χ4v) is 6.35. The molecular formula is C18H5Br5N2O. The number of halogens is 5. The molecule has 1 amide bonds. The van der Waals surface area contributed by atoms with Gasteiger partial charge in [0.25, 0.3) is 5.91 Å². The predicted octanol–water partition coefficient (Wildman–Crippen LogP) is 7.70. The van der Waals surface area contributed by atoms with Gasteiger partial charge in [0.15, 0.2) is 0 Å². The molecule has 0 aliphatic carbocycles. The molecule has 0 bridgehead atoms. The average Bonchev–Trinajstić information content (AvgIpc) is 2.93. The van der Waals surface area contributed by atoms with Crippen LogP contribution in [0.3, 0.4) is 0 Å². The number of aliphatic imine (C=N–C) groups is 1. The number of hydrogen-bond acceptors (Lipinski definition) is 2. The minimum Gasteiger partial charge on any atom is -0.268 e. The van der Waals surface area contributed by atoms with E-state index in [4.69, 9.17) is 4.99 Å². The largest absolute Gasteiger partial charge is 0.268 e. The Labute approximate surface area is 190 Å². The third-order valence-electron chi connectivity index (χ3n) is 4.53. The second-order valence-corrected chi connectivity index (χ2v) is 9.87. The highest BCUT2D eigenvalue weighted by atomic mass is 79.9. The van der Waals surface area contributed by atoms with Crippen LogP contribution in [0.4, 0.5) is 11.4 Å². The van der Waals surface area contributed by atoms with Crippen LogP contribution in [0.15, 0.2) is 57.7 Å². The number of fused-ring (bicyclic) bond motifs is 4. The summed E-state index contributed by atoms with van der Waals surface area (Å²) in [7, 11) is 0. The van der Waals surface area contributed by atoms with E-state index >= 15 is 0 Å². The molecule has 0 atom stereocenters. The van der Waals surface area contributed by atoms with Crippen molar-refractivity contribution in [3.8, 4) is 0 Å². The van der Waals surface area contributed by atoms with Gasteiger partial charge < -0.3 is 0 Å². The zero-order valence-electron chi connectivity index (χ0n) is 12.6. The van der Waals surface area contributed by atoms with Crippen LogP contribution in [0.1, 0.15) is 15.9 Å². The molecule has 3 nitrogen and oxygen atoms in total. The summed E-state index contributed by atoms with van der Waals surface area (Å²) in [6, 6.07) is 9.91. The van der Waals surface area contributed by atoms with E-state index in [0.29, 0.717) is 15.9 Å². The highest BCUT2D eigenvalue weighted by molar-refractivity contribution is 9.15. The first-order valence-corrected chi connectivity index (χ1v) is 11.4. The lowest BCUT2D eigenvalue weighted by atomic mass is 10.0. The van der Waals surface area contributed by atoms with Crippen LogP contribution in [0, 0.1) is 0 Å². The van der Waals surface area contributed by atoms with Gasteiger partial charge in [-0.15, -0.1) is 0 Å². The molecule has 3 aromatic carbocycles. The molecule has 0 saturated carbocycles. The van der Waals surface area contributed by atoms with Gasteiger partial charge in [-0.3, -0.25) is 9.69 Å². The molecule has 0 aromatic heterocycles. The molecule has 0 radical (unpaired) electrons. The lowest BCUT2D eigenvalue weighted by Crippen LogP contribution is -2.31. The lowest BCUT2D eigenvalue weighted by Gasteiger charge is -2.25.